The Bertz CT molecular complexity index is 520. The van der Waals surface area contributed by atoms with Gasteiger partial charge in [-0.1, -0.05) is 0 Å². The van der Waals surface area contributed by atoms with Gasteiger partial charge in [0.2, 0.25) is 5.88 Å². The van der Waals surface area contributed by atoms with Gasteiger partial charge in [-0.15, -0.1) is 0 Å². The Balaban J connectivity index is 2.15. The van der Waals surface area contributed by atoms with Crippen LogP contribution in [0, 0.1) is 0 Å². The monoisotopic (exact) mass is 247 g/mol. The highest BCUT2D eigenvalue weighted by molar-refractivity contribution is 5.26. The molecule has 0 aromatic carbocycles. The summed E-state index contributed by atoms with van der Waals surface area (Å²) >= 11 is 0. The average Bonchev–Trinajstić information content (AvgIpc) is 2.78. The van der Waals surface area contributed by atoms with E-state index in [1.54, 1.807) is 31.5 Å². The van der Waals surface area contributed by atoms with Crippen molar-refractivity contribution in [2.24, 2.45) is 0 Å². The summed E-state index contributed by atoms with van der Waals surface area (Å²) in [6.07, 6.45) is 4.55. The number of ether oxygens (including phenoxy) is 1. The van der Waals surface area contributed by atoms with E-state index in [1.165, 1.54) is 0 Å². The van der Waals surface area contributed by atoms with Crippen LogP contribution in [0.3, 0.4) is 0 Å². The van der Waals surface area contributed by atoms with E-state index in [4.69, 9.17) is 4.74 Å². The second kappa shape index (κ2) is 5.18. The normalized spacial score (nSPS) is 12.7. The minimum atomic E-state index is -0.534. The molecule has 0 aliphatic carbocycles. The first kappa shape index (κ1) is 12.6. The molecular weight excluding hydrogens is 230 g/mol. The van der Waals surface area contributed by atoms with E-state index in [2.05, 4.69) is 10.1 Å². The summed E-state index contributed by atoms with van der Waals surface area (Å²) in [6, 6.07) is 3.77. The van der Waals surface area contributed by atoms with E-state index in [1.807, 2.05) is 24.7 Å². The number of aliphatic hydroxyl groups is 1. The van der Waals surface area contributed by atoms with Crippen LogP contribution in [0.1, 0.15) is 38.5 Å². The van der Waals surface area contributed by atoms with Crippen LogP contribution < -0.4 is 4.74 Å². The molecule has 5 nitrogen and oxygen atoms in total. The number of aromatic nitrogens is 3. The number of hydrogen-bond acceptors (Lipinski definition) is 4. The van der Waals surface area contributed by atoms with Crippen LogP contribution in [0.2, 0.25) is 0 Å². The molecule has 2 heterocycles. The zero-order valence-electron chi connectivity index (χ0n) is 10.7. The Morgan fingerprint density at radius 3 is 2.72 bits per heavy atom. The molecular formula is C13H17N3O2. The van der Waals surface area contributed by atoms with Crippen molar-refractivity contribution in [1.82, 2.24) is 14.8 Å². The third-order valence-corrected chi connectivity index (χ3v) is 2.57. The summed E-state index contributed by atoms with van der Waals surface area (Å²) in [7, 11) is 0. The molecule has 2 aromatic heterocycles. The molecule has 0 unspecified atom stereocenters. The lowest BCUT2D eigenvalue weighted by Gasteiger charge is -2.07. The zero-order valence-corrected chi connectivity index (χ0v) is 10.7. The van der Waals surface area contributed by atoms with Crippen molar-refractivity contribution >= 4 is 0 Å². The largest absolute Gasteiger partial charge is 0.436 e. The minimum absolute atomic E-state index is 0.291. The molecule has 0 radical (unpaired) electrons. The summed E-state index contributed by atoms with van der Waals surface area (Å²) < 4.78 is 7.41. The van der Waals surface area contributed by atoms with Crippen LogP contribution in [0.4, 0.5) is 0 Å². The summed E-state index contributed by atoms with van der Waals surface area (Å²) in [4.78, 5) is 4.10. The Morgan fingerprint density at radius 2 is 2.11 bits per heavy atom. The molecule has 5 heteroatoms. The molecule has 0 spiro atoms. The summed E-state index contributed by atoms with van der Waals surface area (Å²) in [5.41, 5.74) is 0.774. The Kier molecular flexibility index (Phi) is 3.62. The number of rotatable bonds is 4. The van der Waals surface area contributed by atoms with E-state index in [-0.39, 0.29) is 0 Å². The molecule has 96 valence electrons. The van der Waals surface area contributed by atoms with Gasteiger partial charge in [-0.2, -0.15) is 5.10 Å². The molecule has 0 bridgehead atoms. The van der Waals surface area contributed by atoms with Crippen molar-refractivity contribution in [3.63, 3.8) is 0 Å². The van der Waals surface area contributed by atoms with Crippen LogP contribution in [-0.4, -0.2) is 19.9 Å². The van der Waals surface area contributed by atoms with E-state index in [0.717, 1.165) is 5.56 Å². The highest BCUT2D eigenvalue weighted by Crippen LogP contribution is 2.22. The quantitative estimate of drug-likeness (QED) is 0.902. The van der Waals surface area contributed by atoms with Gasteiger partial charge in [0.25, 0.3) is 0 Å². The van der Waals surface area contributed by atoms with E-state index < -0.39 is 6.10 Å². The van der Waals surface area contributed by atoms with Gasteiger partial charge >= 0.3 is 0 Å². The van der Waals surface area contributed by atoms with Crippen molar-refractivity contribution in [2.75, 3.05) is 0 Å². The van der Waals surface area contributed by atoms with Crippen LogP contribution in [0.5, 0.6) is 11.6 Å². The molecule has 2 rings (SSSR count). The van der Waals surface area contributed by atoms with Gasteiger partial charge in [0.1, 0.15) is 0 Å². The zero-order chi connectivity index (χ0) is 13.1. The van der Waals surface area contributed by atoms with Crippen molar-refractivity contribution in [3.8, 4) is 11.6 Å². The standard InChI is InChI=1S/C13H17N3O2/c1-9(2)16-8-12(7-15-16)18-13-6-11(10(3)17)4-5-14-13/h4-10,17H,1-3H3/t10-/m0/s1. The maximum atomic E-state index is 9.49. The Morgan fingerprint density at radius 1 is 1.33 bits per heavy atom. The maximum absolute atomic E-state index is 9.49. The Labute approximate surface area is 106 Å². The van der Waals surface area contributed by atoms with Crippen molar-refractivity contribution in [1.29, 1.82) is 0 Å². The average molecular weight is 247 g/mol. The fourth-order valence-electron chi connectivity index (χ4n) is 1.52. The fourth-order valence-corrected chi connectivity index (χ4v) is 1.52. The molecule has 0 saturated carbocycles. The van der Waals surface area contributed by atoms with Crippen LogP contribution in [0.25, 0.3) is 0 Å². The van der Waals surface area contributed by atoms with Gasteiger partial charge in [-0.05, 0) is 32.4 Å². The fraction of sp³-hybridized carbons (Fsp3) is 0.385. The smallest absolute Gasteiger partial charge is 0.219 e. The van der Waals surface area contributed by atoms with E-state index in [9.17, 15) is 5.11 Å². The SMILES string of the molecule is CC(C)n1cc(Oc2cc([C@H](C)O)ccn2)cn1. The van der Waals surface area contributed by atoms with Gasteiger partial charge in [0.15, 0.2) is 5.75 Å². The number of aliphatic hydroxyl groups excluding tert-OH is 1. The van der Waals surface area contributed by atoms with Gasteiger partial charge < -0.3 is 9.84 Å². The third kappa shape index (κ3) is 2.87. The van der Waals surface area contributed by atoms with E-state index >= 15 is 0 Å². The lowest BCUT2D eigenvalue weighted by molar-refractivity contribution is 0.198. The maximum Gasteiger partial charge on any atom is 0.219 e. The van der Waals surface area contributed by atoms with Crippen molar-refractivity contribution in [2.45, 2.75) is 32.9 Å². The van der Waals surface area contributed by atoms with Gasteiger partial charge in [-0.3, -0.25) is 4.68 Å². The second-order valence-electron chi connectivity index (χ2n) is 4.46. The predicted octanol–water partition coefficient (Wildman–Crippen LogP) is 2.70. The number of nitrogens with zero attached hydrogens (tertiary/aromatic N) is 3. The highest BCUT2D eigenvalue weighted by atomic mass is 16.5. The minimum Gasteiger partial charge on any atom is -0.436 e. The van der Waals surface area contributed by atoms with Gasteiger partial charge in [0, 0.05) is 18.3 Å². The topological polar surface area (TPSA) is 60.2 Å². The molecule has 18 heavy (non-hydrogen) atoms. The first-order valence-corrected chi connectivity index (χ1v) is 5.92. The second-order valence-corrected chi connectivity index (χ2v) is 4.46. The first-order valence-electron chi connectivity index (χ1n) is 5.92. The van der Waals surface area contributed by atoms with Crippen LogP contribution in [-0.2, 0) is 0 Å². The molecule has 1 N–H and O–H groups in total. The summed E-state index contributed by atoms with van der Waals surface area (Å²) in [6.45, 7) is 5.79. The number of pyridine rings is 1. The molecule has 0 saturated heterocycles. The predicted molar refractivity (Wildman–Crippen MR) is 67.6 cm³/mol. The van der Waals surface area contributed by atoms with Gasteiger partial charge in [-0.25, -0.2) is 4.98 Å². The van der Waals surface area contributed by atoms with E-state index in [0.29, 0.717) is 17.7 Å². The lowest BCUT2D eigenvalue weighted by atomic mass is 10.2. The first-order chi connectivity index (χ1) is 8.56. The summed E-state index contributed by atoms with van der Waals surface area (Å²) in [5, 5.41) is 13.7. The lowest BCUT2D eigenvalue weighted by Crippen LogP contribution is -1.99. The molecule has 0 fully saturated rings. The van der Waals surface area contributed by atoms with Crippen LogP contribution in [0.15, 0.2) is 30.7 Å². The molecule has 1 atom stereocenters. The Hall–Kier alpha value is -1.88. The molecule has 0 aliphatic rings. The molecule has 0 aliphatic heterocycles. The molecule has 2 aromatic rings. The highest BCUT2D eigenvalue weighted by Gasteiger charge is 2.07. The van der Waals surface area contributed by atoms with Crippen molar-refractivity contribution < 1.29 is 9.84 Å². The van der Waals surface area contributed by atoms with Gasteiger partial charge in [0.05, 0.1) is 18.5 Å². The third-order valence-electron chi connectivity index (χ3n) is 2.57. The number of hydrogen-bond donors (Lipinski definition) is 1. The molecule has 0 amide bonds. The van der Waals surface area contributed by atoms with Crippen molar-refractivity contribution in [3.05, 3.63) is 36.3 Å². The summed E-state index contributed by atoms with van der Waals surface area (Å²) in [5.74, 6) is 1.09. The van der Waals surface area contributed by atoms with Crippen LogP contribution >= 0.6 is 0 Å².